The highest BCUT2D eigenvalue weighted by Crippen LogP contribution is 2.25. The van der Waals surface area contributed by atoms with E-state index in [2.05, 4.69) is 26.2 Å². The first-order valence-corrected chi connectivity index (χ1v) is 9.02. The first kappa shape index (κ1) is 17.1. The second-order valence-corrected chi connectivity index (χ2v) is 7.00. The van der Waals surface area contributed by atoms with E-state index >= 15 is 0 Å². The standard InChI is InChI=1S/C18H24N6O2/c1-13-14(10-22(2)21-13)11-23-6-3-17-16(12-23)24(7-8-26-17)18(25)15-9-19-4-5-20-15/h4-5,9-10,16-17H,3,6-8,11-12H2,1-2H3/t16-,17-/m0/s1. The maximum atomic E-state index is 12.9. The Bertz CT molecular complexity index is 777. The van der Waals surface area contributed by atoms with Crippen molar-refractivity contribution in [2.45, 2.75) is 32.0 Å². The molecule has 1 amide bonds. The fourth-order valence-corrected chi connectivity index (χ4v) is 3.93. The van der Waals surface area contributed by atoms with Gasteiger partial charge in [0.2, 0.25) is 0 Å². The van der Waals surface area contributed by atoms with E-state index in [-0.39, 0.29) is 18.1 Å². The molecule has 0 unspecified atom stereocenters. The van der Waals surface area contributed by atoms with Gasteiger partial charge in [-0.2, -0.15) is 5.10 Å². The third-order valence-electron chi connectivity index (χ3n) is 5.22. The van der Waals surface area contributed by atoms with Gasteiger partial charge in [-0.15, -0.1) is 0 Å². The number of likely N-dealkylation sites (tertiary alicyclic amines) is 1. The summed E-state index contributed by atoms with van der Waals surface area (Å²) in [7, 11) is 1.94. The van der Waals surface area contributed by atoms with E-state index in [4.69, 9.17) is 4.74 Å². The molecule has 0 N–H and O–H groups in total. The number of hydrogen-bond acceptors (Lipinski definition) is 6. The number of carbonyl (C=O) groups is 1. The van der Waals surface area contributed by atoms with Gasteiger partial charge in [0.05, 0.1) is 30.6 Å². The number of carbonyl (C=O) groups excluding carboxylic acids is 1. The fourth-order valence-electron chi connectivity index (χ4n) is 3.93. The third-order valence-corrected chi connectivity index (χ3v) is 5.22. The zero-order chi connectivity index (χ0) is 18.1. The lowest BCUT2D eigenvalue weighted by molar-refractivity contribution is -0.0915. The highest BCUT2D eigenvalue weighted by molar-refractivity contribution is 5.92. The largest absolute Gasteiger partial charge is 0.374 e. The van der Waals surface area contributed by atoms with E-state index in [9.17, 15) is 4.79 Å². The molecule has 0 aromatic carbocycles. The number of piperidine rings is 1. The van der Waals surface area contributed by atoms with E-state index in [0.717, 1.165) is 31.7 Å². The lowest BCUT2D eigenvalue weighted by atomic mass is 9.97. The molecular formula is C18H24N6O2. The lowest BCUT2D eigenvalue weighted by Gasteiger charge is -2.46. The van der Waals surface area contributed by atoms with E-state index in [1.165, 1.54) is 11.8 Å². The molecule has 8 heteroatoms. The molecule has 4 rings (SSSR count). The number of morpholine rings is 1. The maximum absolute atomic E-state index is 12.9. The van der Waals surface area contributed by atoms with Crippen molar-refractivity contribution in [3.05, 3.63) is 41.7 Å². The van der Waals surface area contributed by atoms with Crippen LogP contribution in [0.1, 0.15) is 28.2 Å². The molecule has 26 heavy (non-hydrogen) atoms. The number of hydrogen-bond donors (Lipinski definition) is 0. The highest BCUT2D eigenvalue weighted by Gasteiger charge is 2.39. The van der Waals surface area contributed by atoms with Crippen molar-refractivity contribution in [2.75, 3.05) is 26.2 Å². The second-order valence-electron chi connectivity index (χ2n) is 7.00. The Balaban J connectivity index is 1.50. The molecule has 2 atom stereocenters. The summed E-state index contributed by atoms with van der Waals surface area (Å²) in [5, 5.41) is 4.43. The van der Waals surface area contributed by atoms with Crippen molar-refractivity contribution < 1.29 is 9.53 Å². The van der Waals surface area contributed by atoms with Crippen LogP contribution in [0.15, 0.2) is 24.8 Å². The summed E-state index contributed by atoms with van der Waals surface area (Å²) in [6.45, 7) is 5.81. The first-order valence-electron chi connectivity index (χ1n) is 9.02. The molecule has 2 aromatic heterocycles. The fraction of sp³-hybridized carbons (Fsp3) is 0.556. The Morgan fingerprint density at radius 1 is 1.35 bits per heavy atom. The van der Waals surface area contributed by atoms with Crippen molar-refractivity contribution in [3.63, 3.8) is 0 Å². The van der Waals surface area contributed by atoms with Crippen LogP contribution in [0, 0.1) is 6.92 Å². The smallest absolute Gasteiger partial charge is 0.274 e. The number of rotatable bonds is 3. The maximum Gasteiger partial charge on any atom is 0.274 e. The van der Waals surface area contributed by atoms with E-state index in [1.807, 2.05) is 23.6 Å². The van der Waals surface area contributed by atoms with Crippen molar-refractivity contribution in [1.82, 2.24) is 29.5 Å². The minimum atomic E-state index is -0.0594. The number of aromatic nitrogens is 4. The predicted octanol–water partition coefficient (Wildman–Crippen LogP) is 0.634. The predicted molar refractivity (Wildman–Crippen MR) is 94.4 cm³/mol. The van der Waals surface area contributed by atoms with E-state index in [1.54, 1.807) is 12.4 Å². The van der Waals surface area contributed by atoms with Crippen LogP contribution in [0.3, 0.4) is 0 Å². The van der Waals surface area contributed by atoms with Gasteiger partial charge in [0.1, 0.15) is 5.69 Å². The molecule has 2 aromatic rings. The van der Waals surface area contributed by atoms with Crippen LogP contribution in [-0.2, 0) is 18.3 Å². The molecule has 0 bridgehead atoms. The van der Waals surface area contributed by atoms with Crippen molar-refractivity contribution in [1.29, 1.82) is 0 Å². The van der Waals surface area contributed by atoms with Crippen LogP contribution in [0.2, 0.25) is 0 Å². The van der Waals surface area contributed by atoms with E-state index in [0.29, 0.717) is 18.8 Å². The number of nitrogens with zero attached hydrogens (tertiary/aromatic N) is 6. The van der Waals surface area contributed by atoms with Crippen LogP contribution in [-0.4, -0.2) is 73.8 Å². The van der Waals surface area contributed by atoms with Gasteiger partial charge in [0, 0.05) is 57.4 Å². The van der Waals surface area contributed by atoms with Gasteiger partial charge < -0.3 is 9.64 Å². The average molecular weight is 356 g/mol. The van der Waals surface area contributed by atoms with Crippen molar-refractivity contribution in [2.24, 2.45) is 7.05 Å². The molecule has 2 saturated heterocycles. The molecule has 2 aliphatic heterocycles. The Morgan fingerprint density at radius 2 is 2.23 bits per heavy atom. The number of amides is 1. The monoisotopic (exact) mass is 356 g/mol. The van der Waals surface area contributed by atoms with Gasteiger partial charge in [0.15, 0.2) is 0 Å². The zero-order valence-corrected chi connectivity index (χ0v) is 15.2. The number of aryl methyl sites for hydroxylation is 2. The summed E-state index contributed by atoms with van der Waals surface area (Å²) in [6, 6.07) is 0.0454. The van der Waals surface area contributed by atoms with Gasteiger partial charge in [-0.05, 0) is 13.3 Å². The molecule has 8 nitrogen and oxygen atoms in total. The molecular weight excluding hydrogens is 332 g/mol. The Kier molecular flexibility index (Phi) is 4.69. The quantitative estimate of drug-likeness (QED) is 0.803. The molecule has 0 saturated carbocycles. The number of fused-ring (bicyclic) bond motifs is 1. The second kappa shape index (κ2) is 7.13. The Labute approximate surface area is 152 Å². The van der Waals surface area contributed by atoms with E-state index < -0.39 is 0 Å². The van der Waals surface area contributed by atoms with Crippen molar-refractivity contribution in [3.8, 4) is 0 Å². The molecule has 2 fully saturated rings. The summed E-state index contributed by atoms with van der Waals surface area (Å²) in [6.07, 6.45) is 7.76. The SMILES string of the molecule is Cc1nn(C)cc1CN1CC[C@@H]2OCCN(C(=O)c3cnccn3)[C@H]2C1. The minimum absolute atomic E-state index is 0.0454. The van der Waals surface area contributed by atoms with Crippen LogP contribution < -0.4 is 0 Å². The molecule has 4 heterocycles. The average Bonchev–Trinajstić information content (AvgIpc) is 2.98. The lowest BCUT2D eigenvalue weighted by Crippen LogP contribution is -2.61. The van der Waals surface area contributed by atoms with Crippen LogP contribution >= 0.6 is 0 Å². The molecule has 0 spiro atoms. The highest BCUT2D eigenvalue weighted by atomic mass is 16.5. The third kappa shape index (κ3) is 3.34. The normalized spacial score (nSPS) is 23.7. The summed E-state index contributed by atoms with van der Waals surface area (Å²) in [5.41, 5.74) is 2.69. The Morgan fingerprint density at radius 3 is 2.96 bits per heavy atom. The summed E-state index contributed by atoms with van der Waals surface area (Å²) >= 11 is 0. The van der Waals surface area contributed by atoms with Gasteiger partial charge in [-0.25, -0.2) is 4.98 Å². The summed E-state index contributed by atoms with van der Waals surface area (Å²) in [4.78, 5) is 25.4. The molecule has 0 aliphatic carbocycles. The first-order chi connectivity index (χ1) is 12.6. The molecule has 138 valence electrons. The number of ether oxygens (including phenoxy) is 1. The van der Waals surface area contributed by atoms with Gasteiger partial charge >= 0.3 is 0 Å². The molecule has 2 aliphatic rings. The van der Waals surface area contributed by atoms with Gasteiger partial charge in [-0.1, -0.05) is 0 Å². The molecule has 0 radical (unpaired) electrons. The van der Waals surface area contributed by atoms with Crippen LogP contribution in [0.5, 0.6) is 0 Å². The van der Waals surface area contributed by atoms with Crippen LogP contribution in [0.4, 0.5) is 0 Å². The van der Waals surface area contributed by atoms with Crippen molar-refractivity contribution >= 4 is 5.91 Å². The summed E-state index contributed by atoms with van der Waals surface area (Å²) < 4.78 is 7.80. The minimum Gasteiger partial charge on any atom is -0.374 e. The van der Waals surface area contributed by atoms with Gasteiger partial charge in [-0.3, -0.25) is 19.4 Å². The topological polar surface area (TPSA) is 76.4 Å². The van der Waals surface area contributed by atoms with Gasteiger partial charge in [0.25, 0.3) is 5.91 Å². The zero-order valence-electron chi connectivity index (χ0n) is 15.2. The Hall–Kier alpha value is -2.32. The van der Waals surface area contributed by atoms with Crippen LogP contribution in [0.25, 0.3) is 0 Å². The summed E-state index contributed by atoms with van der Waals surface area (Å²) in [5.74, 6) is -0.0594.